The molecule has 0 atom stereocenters. The molecule has 0 rings (SSSR count). The van der Waals surface area contributed by atoms with Crippen LogP contribution in [-0.2, 0) is 23.7 Å². The molecule has 0 unspecified atom stereocenters. The minimum Gasteiger partial charge on any atom is -0.458 e. The topological polar surface area (TPSA) is 125 Å². The molecular formula is C17H31N3O7. The molecule has 0 aliphatic rings. The third-order valence-corrected chi connectivity index (χ3v) is 3.32. The molecule has 10 heteroatoms. The highest BCUT2D eigenvalue weighted by molar-refractivity contribution is 6.35. The first-order valence-electron chi connectivity index (χ1n) is 8.90. The van der Waals surface area contributed by atoms with Gasteiger partial charge in [-0.25, -0.2) is 14.4 Å². The summed E-state index contributed by atoms with van der Waals surface area (Å²) in [6, 6.07) is 0. The van der Waals surface area contributed by atoms with E-state index in [9.17, 15) is 14.4 Å². The number of aliphatic imine (C=N–C) groups is 1. The number of carbonyl (C=O) groups excluding carboxylic acids is 3. The van der Waals surface area contributed by atoms with Gasteiger partial charge in [0, 0.05) is 20.2 Å². The van der Waals surface area contributed by atoms with E-state index in [-0.39, 0.29) is 18.9 Å². The molecule has 156 valence electrons. The summed E-state index contributed by atoms with van der Waals surface area (Å²) in [5, 5.41) is 5.21. The molecule has 0 aromatic rings. The summed E-state index contributed by atoms with van der Waals surface area (Å²) in [5.74, 6) is -0.545. The number of methoxy groups -OCH3 is 2. The second-order valence-electron chi connectivity index (χ2n) is 5.49. The van der Waals surface area contributed by atoms with Crippen molar-refractivity contribution in [2.45, 2.75) is 32.6 Å². The van der Waals surface area contributed by atoms with E-state index >= 15 is 0 Å². The summed E-state index contributed by atoms with van der Waals surface area (Å²) in [6.45, 7) is 3.37. The Labute approximate surface area is 160 Å². The molecule has 0 aliphatic carbocycles. The molecule has 0 saturated heterocycles. The first-order valence-corrected chi connectivity index (χ1v) is 8.90. The number of alkyl carbamates (subject to hydrolysis) is 2. The van der Waals surface area contributed by atoms with Crippen LogP contribution in [0.4, 0.5) is 9.59 Å². The van der Waals surface area contributed by atoms with Crippen LogP contribution in [0, 0.1) is 0 Å². The van der Waals surface area contributed by atoms with Gasteiger partial charge in [0.1, 0.15) is 18.9 Å². The molecule has 0 fully saturated rings. The summed E-state index contributed by atoms with van der Waals surface area (Å²) in [4.78, 5) is 37.9. The Balaban J connectivity index is 3.52. The van der Waals surface area contributed by atoms with Gasteiger partial charge in [0.2, 0.25) is 0 Å². The van der Waals surface area contributed by atoms with Crippen molar-refractivity contribution in [3.8, 4) is 0 Å². The molecule has 0 aromatic carbocycles. The summed E-state index contributed by atoms with van der Waals surface area (Å²) < 4.78 is 19.1. The quantitative estimate of drug-likeness (QED) is 0.198. The Bertz CT molecular complexity index is 469. The van der Waals surface area contributed by atoms with E-state index < -0.39 is 18.2 Å². The maximum Gasteiger partial charge on any atom is 0.407 e. The summed E-state index contributed by atoms with van der Waals surface area (Å²) in [6.07, 6.45) is 2.52. The van der Waals surface area contributed by atoms with E-state index in [1.807, 2.05) is 0 Å². The van der Waals surface area contributed by atoms with Crippen LogP contribution in [0.1, 0.15) is 32.6 Å². The number of esters is 1. The Morgan fingerprint density at radius 2 is 1.41 bits per heavy atom. The molecule has 0 radical (unpaired) electrons. The van der Waals surface area contributed by atoms with Crippen molar-refractivity contribution in [3.63, 3.8) is 0 Å². The standard InChI is InChI=1S/C17H31N3O7/c1-14(18-10-11-24-2)15(21)26-12-13-27-17(23)20-9-7-5-4-6-8-19-16(22)25-3/h4-13H2,1-3H3,(H,19,22)(H,20,23)/b18-14+. The van der Waals surface area contributed by atoms with Gasteiger partial charge in [-0.1, -0.05) is 12.8 Å². The highest BCUT2D eigenvalue weighted by Crippen LogP contribution is 1.98. The van der Waals surface area contributed by atoms with Gasteiger partial charge in [-0.3, -0.25) is 4.99 Å². The minimum atomic E-state index is -0.552. The van der Waals surface area contributed by atoms with Crippen LogP contribution in [0.5, 0.6) is 0 Å². The second-order valence-corrected chi connectivity index (χ2v) is 5.49. The lowest BCUT2D eigenvalue weighted by Gasteiger charge is -2.08. The van der Waals surface area contributed by atoms with Gasteiger partial charge in [0.05, 0.1) is 20.3 Å². The van der Waals surface area contributed by atoms with Crippen LogP contribution in [-0.4, -0.2) is 77.5 Å². The molecule has 0 aromatic heterocycles. The van der Waals surface area contributed by atoms with Gasteiger partial charge in [0.15, 0.2) is 0 Å². The third-order valence-electron chi connectivity index (χ3n) is 3.32. The van der Waals surface area contributed by atoms with E-state index in [1.165, 1.54) is 7.11 Å². The minimum absolute atomic E-state index is 0.0257. The van der Waals surface area contributed by atoms with Crippen molar-refractivity contribution in [2.75, 3.05) is 53.7 Å². The van der Waals surface area contributed by atoms with Crippen LogP contribution >= 0.6 is 0 Å². The lowest BCUT2D eigenvalue weighted by atomic mass is 10.2. The molecular weight excluding hydrogens is 358 g/mol. The molecule has 0 aliphatic heterocycles. The van der Waals surface area contributed by atoms with Crippen LogP contribution in [0.25, 0.3) is 0 Å². The number of amides is 2. The Morgan fingerprint density at radius 1 is 0.815 bits per heavy atom. The molecule has 0 saturated carbocycles. The second kappa shape index (κ2) is 17.1. The monoisotopic (exact) mass is 389 g/mol. The highest BCUT2D eigenvalue weighted by Gasteiger charge is 2.08. The molecule has 0 spiro atoms. The van der Waals surface area contributed by atoms with Gasteiger partial charge < -0.3 is 29.6 Å². The smallest absolute Gasteiger partial charge is 0.407 e. The maximum absolute atomic E-state index is 11.6. The predicted molar refractivity (Wildman–Crippen MR) is 99.0 cm³/mol. The number of nitrogens with one attached hydrogen (secondary N) is 2. The Morgan fingerprint density at radius 3 is 2.00 bits per heavy atom. The Hall–Kier alpha value is -2.36. The number of rotatable bonds is 14. The number of nitrogens with zero attached hydrogens (tertiary/aromatic N) is 1. The van der Waals surface area contributed by atoms with Crippen molar-refractivity contribution in [3.05, 3.63) is 0 Å². The van der Waals surface area contributed by atoms with Crippen LogP contribution < -0.4 is 10.6 Å². The number of hydrogen-bond donors (Lipinski definition) is 2. The first kappa shape index (κ1) is 24.6. The van der Waals surface area contributed by atoms with Crippen molar-refractivity contribution in [1.82, 2.24) is 10.6 Å². The van der Waals surface area contributed by atoms with Crippen molar-refractivity contribution in [2.24, 2.45) is 4.99 Å². The third kappa shape index (κ3) is 15.6. The largest absolute Gasteiger partial charge is 0.458 e. The average molecular weight is 389 g/mol. The molecule has 2 N–H and O–H groups in total. The summed E-state index contributed by atoms with van der Waals surface area (Å²) in [5.41, 5.74) is 0.248. The predicted octanol–water partition coefficient (Wildman–Crippen LogP) is 1.28. The fourth-order valence-corrected chi connectivity index (χ4v) is 1.85. The van der Waals surface area contributed by atoms with Gasteiger partial charge in [-0.2, -0.15) is 0 Å². The molecule has 0 heterocycles. The van der Waals surface area contributed by atoms with E-state index in [2.05, 4.69) is 20.4 Å². The molecule has 27 heavy (non-hydrogen) atoms. The fraction of sp³-hybridized carbons (Fsp3) is 0.765. The molecule has 0 bridgehead atoms. The van der Waals surface area contributed by atoms with E-state index in [4.69, 9.17) is 14.2 Å². The summed E-state index contributed by atoms with van der Waals surface area (Å²) in [7, 11) is 2.88. The Kier molecular flexibility index (Phi) is 15.6. The van der Waals surface area contributed by atoms with Gasteiger partial charge >= 0.3 is 18.2 Å². The maximum atomic E-state index is 11.6. The number of carbonyl (C=O) groups is 3. The number of unbranched alkanes of at least 4 members (excludes halogenated alkanes) is 3. The zero-order valence-electron chi connectivity index (χ0n) is 16.4. The number of ether oxygens (including phenoxy) is 4. The molecule has 10 nitrogen and oxygen atoms in total. The average Bonchev–Trinajstić information content (AvgIpc) is 2.66. The van der Waals surface area contributed by atoms with Crippen molar-refractivity contribution in [1.29, 1.82) is 0 Å². The summed E-state index contributed by atoms with van der Waals surface area (Å²) >= 11 is 0. The van der Waals surface area contributed by atoms with E-state index in [0.717, 1.165) is 25.7 Å². The van der Waals surface area contributed by atoms with E-state index in [0.29, 0.717) is 26.2 Å². The zero-order chi connectivity index (χ0) is 20.3. The van der Waals surface area contributed by atoms with Crippen molar-refractivity contribution < 1.29 is 33.3 Å². The normalized spacial score (nSPS) is 10.9. The van der Waals surface area contributed by atoms with Gasteiger partial charge in [-0.15, -0.1) is 0 Å². The first-order chi connectivity index (χ1) is 13.0. The lowest BCUT2D eigenvalue weighted by Crippen LogP contribution is -2.27. The lowest BCUT2D eigenvalue weighted by molar-refractivity contribution is -0.136. The van der Waals surface area contributed by atoms with Crippen LogP contribution in [0.15, 0.2) is 4.99 Å². The fourth-order valence-electron chi connectivity index (χ4n) is 1.85. The van der Waals surface area contributed by atoms with Gasteiger partial charge in [-0.05, 0) is 19.8 Å². The van der Waals surface area contributed by atoms with Crippen molar-refractivity contribution >= 4 is 23.9 Å². The SMILES string of the molecule is COCC/N=C(\C)C(=O)OCCOC(=O)NCCCCCCNC(=O)OC. The van der Waals surface area contributed by atoms with Gasteiger partial charge in [0.25, 0.3) is 0 Å². The number of hydrogen-bond acceptors (Lipinski definition) is 8. The molecule has 2 amide bonds. The zero-order valence-corrected chi connectivity index (χ0v) is 16.4. The highest BCUT2D eigenvalue weighted by atomic mass is 16.6. The van der Waals surface area contributed by atoms with E-state index in [1.54, 1.807) is 14.0 Å². The van der Waals surface area contributed by atoms with Crippen LogP contribution in [0.3, 0.4) is 0 Å². The van der Waals surface area contributed by atoms with Crippen LogP contribution in [0.2, 0.25) is 0 Å².